The molecule has 0 radical (unpaired) electrons. The molecule has 11 heteroatoms. The van der Waals surface area contributed by atoms with Gasteiger partial charge in [0.1, 0.15) is 12.1 Å². The van der Waals surface area contributed by atoms with Crippen molar-refractivity contribution in [2.75, 3.05) is 11.9 Å². The molecule has 0 atom stereocenters. The number of rotatable bonds is 8. The Kier molecular flexibility index (Phi) is 7.74. The van der Waals surface area contributed by atoms with Crippen LogP contribution < -0.4 is 15.4 Å². The Hall–Kier alpha value is -4.05. The summed E-state index contributed by atoms with van der Waals surface area (Å²) in [6, 6.07) is 19.7. The summed E-state index contributed by atoms with van der Waals surface area (Å²) >= 11 is 5.83. The quantitative estimate of drug-likeness (QED) is 0.272. The molecule has 0 aliphatic rings. The predicted molar refractivity (Wildman–Crippen MR) is 130 cm³/mol. The second-order valence-electron chi connectivity index (χ2n) is 7.74. The predicted octanol–water partition coefficient (Wildman–Crippen LogP) is 6.24. The summed E-state index contributed by atoms with van der Waals surface area (Å²) < 4.78 is 42.3. The topological polar surface area (TPSA) is 81.1 Å². The van der Waals surface area contributed by atoms with Crippen LogP contribution in [0.3, 0.4) is 0 Å². The Morgan fingerprint density at radius 3 is 2.33 bits per heavy atom. The molecule has 4 rings (SSSR count). The van der Waals surface area contributed by atoms with Gasteiger partial charge in [-0.1, -0.05) is 35.9 Å². The van der Waals surface area contributed by atoms with E-state index in [9.17, 15) is 18.0 Å². The zero-order valence-electron chi connectivity index (χ0n) is 18.8. The summed E-state index contributed by atoms with van der Waals surface area (Å²) in [7, 11) is 0. The van der Waals surface area contributed by atoms with Crippen LogP contribution in [0.15, 0.2) is 79.1 Å². The van der Waals surface area contributed by atoms with Crippen LogP contribution in [0, 0.1) is 0 Å². The molecule has 0 bridgehead atoms. The molecular weight excluding hydrogens is 495 g/mol. The Morgan fingerprint density at radius 2 is 1.67 bits per heavy atom. The summed E-state index contributed by atoms with van der Waals surface area (Å²) in [4.78, 5) is 16.3. The summed E-state index contributed by atoms with van der Waals surface area (Å²) in [5.74, 6) is 0.178. The monoisotopic (exact) mass is 515 g/mol. The number of nitrogens with zero attached hydrogens (tertiary/aromatic N) is 3. The average Bonchev–Trinajstić information content (AvgIpc) is 3.34. The second-order valence-corrected chi connectivity index (χ2v) is 8.18. The zero-order chi connectivity index (χ0) is 25.5. The van der Waals surface area contributed by atoms with Crippen LogP contribution >= 0.6 is 11.6 Å². The van der Waals surface area contributed by atoms with Crippen LogP contribution in [0.1, 0.15) is 12.0 Å². The number of alkyl halides is 3. The molecule has 2 N–H and O–H groups in total. The highest BCUT2D eigenvalue weighted by Crippen LogP contribution is 2.24. The second kappa shape index (κ2) is 11.1. The highest BCUT2D eigenvalue weighted by molar-refractivity contribution is 6.30. The fourth-order valence-electron chi connectivity index (χ4n) is 3.34. The number of urea groups is 1. The molecule has 0 aliphatic carbocycles. The van der Waals surface area contributed by atoms with Gasteiger partial charge in [0.25, 0.3) is 0 Å². The number of nitrogens with one attached hydrogen (secondary N) is 2. The molecule has 7 nitrogen and oxygen atoms in total. The Balaban J connectivity index is 1.25. The van der Waals surface area contributed by atoms with Crippen molar-refractivity contribution < 1.29 is 22.7 Å². The van der Waals surface area contributed by atoms with Gasteiger partial charge in [-0.25, -0.2) is 14.5 Å². The number of ether oxygens (including phenoxy) is 1. The van der Waals surface area contributed by atoms with Crippen molar-refractivity contribution in [2.24, 2.45) is 0 Å². The fourth-order valence-corrected chi connectivity index (χ4v) is 3.47. The highest BCUT2D eigenvalue weighted by atomic mass is 35.5. The van der Waals surface area contributed by atoms with Gasteiger partial charge in [0, 0.05) is 22.8 Å². The van der Waals surface area contributed by atoms with E-state index in [-0.39, 0.29) is 11.8 Å². The Bertz CT molecular complexity index is 1290. The van der Waals surface area contributed by atoms with Crippen molar-refractivity contribution in [3.8, 4) is 22.8 Å². The van der Waals surface area contributed by atoms with Gasteiger partial charge in [-0.3, -0.25) is 0 Å². The van der Waals surface area contributed by atoms with Crippen molar-refractivity contribution in [3.63, 3.8) is 0 Å². The van der Waals surface area contributed by atoms with Crippen LogP contribution in [-0.2, 0) is 6.42 Å². The minimum atomic E-state index is -4.74. The van der Waals surface area contributed by atoms with E-state index in [0.29, 0.717) is 28.8 Å². The minimum Gasteiger partial charge on any atom is -0.406 e. The molecule has 0 unspecified atom stereocenters. The summed E-state index contributed by atoms with van der Waals surface area (Å²) in [5.41, 5.74) is 3.11. The lowest BCUT2D eigenvalue weighted by Gasteiger charge is -2.09. The summed E-state index contributed by atoms with van der Waals surface area (Å²) in [5, 5.41) is 10.6. The number of amides is 2. The lowest BCUT2D eigenvalue weighted by Crippen LogP contribution is -2.29. The molecule has 1 aromatic heterocycles. The molecule has 0 fully saturated rings. The van der Waals surface area contributed by atoms with Gasteiger partial charge >= 0.3 is 12.4 Å². The van der Waals surface area contributed by atoms with Crippen LogP contribution in [-0.4, -0.2) is 33.7 Å². The Labute approximate surface area is 209 Å². The normalized spacial score (nSPS) is 11.2. The third-order valence-corrected chi connectivity index (χ3v) is 5.32. The lowest BCUT2D eigenvalue weighted by molar-refractivity contribution is -0.274. The van der Waals surface area contributed by atoms with Crippen LogP contribution in [0.2, 0.25) is 5.02 Å². The van der Waals surface area contributed by atoms with E-state index in [1.165, 1.54) is 35.3 Å². The molecule has 0 saturated carbocycles. The molecule has 0 saturated heterocycles. The minimum absolute atomic E-state index is 0.281. The number of hydrogen-bond acceptors (Lipinski definition) is 4. The number of aryl methyl sites for hydroxylation is 1. The third kappa shape index (κ3) is 7.22. The number of anilines is 1. The first-order valence-electron chi connectivity index (χ1n) is 10.9. The average molecular weight is 516 g/mol. The van der Waals surface area contributed by atoms with E-state index >= 15 is 0 Å². The SMILES string of the molecule is O=C(NCCCc1ccc(-c2ncn(-c3ccc(OC(F)(F)F)cc3)n2)cc1)Nc1ccc(Cl)cc1. The smallest absolute Gasteiger partial charge is 0.406 e. The largest absolute Gasteiger partial charge is 0.573 e. The molecule has 2 amide bonds. The van der Waals surface area contributed by atoms with Gasteiger partial charge in [0.15, 0.2) is 5.82 Å². The van der Waals surface area contributed by atoms with E-state index < -0.39 is 6.36 Å². The van der Waals surface area contributed by atoms with E-state index in [0.717, 1.165) is 24.0 Å². The third-order valence-electron chi connectivity index (χ3n) is 5.07. The number of hydrogen-bond donors (Lipinski definition) is 2. The standard InChI is InChI=1S/C25H21ClF3N5O2/c26-19-7-9-20(10-8-19)32-24(35)30-15-1-2-17-3-5-18(6-4-17)23-31-16-34(33-23)21-11-13-22(14-12-21)36-25(27,28)29/h3-14,16H,1-2,15H2,(H2,30,32,35). The van der Waals surface area contributed by atoms with Crippen LogP contribution in [0.4, 0.5) is 23.7 Å². The first kappa shape index (κ1) is 25.1. The number of benzene rings is 3. The van der Waals surface area contributed by atoms with Gasteiger partial charge in [0.2, 0.25) is 0 Å². The number of halogens is 4. The molecule has 4 aromatic rings. The highest BCUT2D eigenvalue weighted by Gasteiger charge is 2.31. The van der Waals surface area contributed by atoms with Crippen molar-refractivity contribution in [3.05, 3.63) is 89.7 Å². The van der Waals surface area contributed by atoms with E-state index in [1.54, 1.807) is 24.3 Å². The van der Waals surface area contributed by atoms with Crippen molar-refractivity contribution in [1.29, 1.82) is 0 Å². The number of carbonyl (C=O) groups excluding carboxylic acids is 1. The van der Waals surface area contributed by atoms with Gasteiger partial charge < -0.3 is 15.4 Å². The molecule has 3 aromatic carbocycles. The van der Waals surface area contributed by atoms with Gasteiger partial charge in [0.05, 0.1) is 5.69 Å². The molecule has 36 heavy (non-hydrogen) atoms. The van der Waals surface area contributed by atoms with Gasteiger partial charge in [-0.2, -0.15) is 0 Å². The summed E-state index contributed by atoms with van der Waals surface area (Å²) in [6.45, 7) is 0.514. The van der Waals surface area contributed by atoms with Crippen molar-refractivity contribution >= 4 is 23.3 Å². The Morgan fingerprint density at radius 1 is 0.972 bits per heavy atom. The first-order chi connectivity index (χ1) is 17.2. The fraction of sp³-hybridized carbons (Fsp3) is 0.160. The molecule has 1 heterocycles. The summed E-state index contributed by atoms with van der Waals surface area (Å²) in [6.07, 6.45) is -1.72. The number of aromatic nitrogens is 3. The van der Waals surface area contributed by atoms with Gasteiger partial charge in [-0.15, -0.1) is 18.3 Å². The van der Waals surface area contributed by atoms with E-state index in [2.05, 4.69) is 25.5 Å². The van der Waals surface area contributed by atoms with Crippen molar-refractivity contribution in [2.45, 2.75) is 19.2 Å². The van der Waals surface area contributed by atoms with Gasteiger partial charge in [-0.05, 0) is 66.9 Å². The molecule has 0 aliphatic heterocycles. The van der Waals surface area contributed by atoms with Crippen LogP contribution in [0.5, 0.6) is 5.75 Å². The van der Waals surface area contributed by atoms with E-state index in [4.69, 9.17) is 11.6 Å². The zero-order valence-corrected chi connectivity index (χ0v) is 19.6. The van der Waals surface area contributed by atoms with Crippen molar-refractivity contribution in [1.82, 2.24) is 20.1 Å². The molecule has 186 valence electrons. The lowest BCUT2D eigenvalue weighted by atomic mass is 10.1. The maximum atomic E-state index is 12.3. The number of carbonyl (C=O) groups is 1. The van der Waals surface area contributed by atoms with E-state index in [1.807, 2.05) is 24.3 Å². The first-order valence-corrected chi connectivity index (χ1v) is 11.3. The maximum Gasteiger partial charge on any atom is 0.573 e. The molecule has 0 spiro atoms. The maximum absolute atomic E-state index is 12.3. The molecular formula is C25H21ClF3N5O2. The van der Waals surface area contributed by atoms with Crippen LogP contribution in [0.25, 0.3) is 17.1 Å².